The normalized spacial score (nSPS) is 30.6. The Morgan fingerprint density at radius 1 is 1.31 bits per heavy atom. The Hall–Kier alpha value is -1.57. The monoisotopic (exact) mass is 397 g/mol. The van der Waals surface area contributed by atoms with Crippen LogP contribution in [0.3, 0.4) is 0 Å². The molecule has 0 spiro atoms. The molecule has 2 fully saturated rings. The summed E-state index contributed by atoms with van der Waals surface area (Å²) in [7, 11) is 2.81. The maximum Gasteiger partial charge on any atom is 0.368 e. The SMILES string of the molecule is COC(=O)[C@]1(CCSC)[NH2+][C@H](c2ccc(Cl)cc2)[C@H]2C(=O)N(C)C(=O)[C@H]21. The first kappa shape index (κ1) is 19.2. The third-order valence-corrected chi connectivity index (χ3v) is 6.39. The highest BCUT2D eigenvalue weighted by atomic mass is 35.5. The molecule has 140 valence electrons. The van der Waals surface area contributed by atoms with Crippen molar-refractivity contribution in [3.8, 4) is 0 Å². The highest BCUT2D eigenvalue weighted by Crippen LogP contribution is 2.45. The molecule has 4 atom stereocenters. The molecule has 3 rings (SSSR count). The Kier molecular flexibility index (Phi) is 5.33. The van der Waals surface area contributed by atoms with Gasteiger partial charge in [0.1, 0.15) is 17.9 Å². The highest BCUT2D eigenvalue weighted by molar-refractivity contribution is 7.98. The van der Waals surface area contributed by atoms with Crippen LogP contribution in [0.2, 0.25) is 5.02 Å². The van der Waals surface area contributed by atoms with Crippen LogP contribution < -0.4 is 5.32 Å². The van der Waals surface area contributed by atoms with Gasteiger partial charge in [-0.3, -0.25) is 14.5 Å². The Morgan fingerprint density at radius 2 is 1.96 bits per heavy atom. The quantitative estimate of drug-likeness (QED) is 0.588. The number of imide groups is 1. The molecular formula is C18H22ClN2O4S+. The van der Waals surface area contributed by atoms with Gasteiger partial charge in [-0.15, -0.1) is 0 Å². The fourth-order valence-corrected chi connectivity index (χ4v) is 4.92. The van der Waals surface area contributed by atoms with Gasteiger partial charge in [0.2, 0.25) is 17.4 Å². The van der Waals surface area contributed by atoms with E-state index < -0.39 is 23.3 Å². The van der Waals surface area contributed by atoms with E-state index in [-0.39, 0.29) is 17.9 Å². The summed E-state index contributed by atoms with van der Waals surface area (Å²) in [6, 6.07) is 6.87. The molecule has 0 aromatic heterocycles. The van der Waals surface area contributed by atoms with Crippen LogP contribution in [0.5, 0.6) is 0 Å². The lowest BCUT2D eigenvalue weighted by Gasteiger charge is -2.28. The first-order valence-electron chi connectivity index (χ1n) is 8.37. The highest BCUT2D eigenvalue weighted by Gasteiger charge is 2.71. The summed E-state index contributed by atoms with van der Waals surface area (Å²) in [6.45, 7) is 0. The van der Waals surface area contributed by atoms with E-state index in [9.17, 15) is 14.4 Å². The number of hydrogen-bond acceptors (Lipinski definition) is 5. The second-order valence-electron chi connectivity index (χ2n) is 6.76. The van der Waals surface area contributed by atoms with Crippen LogP contribution in [0.15, 0.2) is 24.3 Å². The van der Waals surface area contributed by atoms with Crippen molar-refractivity contribution < 1.29 is 24.4 Å². The van der Waals surface area contributed by atoms with Crippen LogP contribution in [0, 0.1) is 11.8 Å². The van der Waals surface area contributed by atoms with Crippen LogP contribution in [-0.2, 0) is 19.1 Å². The number of ether oxygens (including phenoxy) is 1. The lowest BCUT2D eigenvalue weighted by atomic mass is 9.78. The molecule has 0 bridgehead atoms. The number of methoxy groups -OCH3 is 1. The second kappa shape index (κ2) is 7.21. The molecule has 2 saturated heterocycles. The molecule has 1 aromatic rings. The largest absolute Gasteiger partial charge is 0.464 e. The van der Waals surface area contributed by atoms with Gasteiger partial charge in [0.15, 0.2) is 0 Å². The van der Waals surface area contributed by atoms with Crippen molar-refractivity contribution in [1.29, 1.82) is 0 Å². The minimum atomic E-state index is -1.09. The number of rotatable bonds is 5. The van der Waals surface area contributed by atoms with Gasteiger partial charge < -0.3 is 10.1 Å². The van der Waals surface area contributed by atoms with Crippen LogP contribution >= 0.6 is 23.4 Å². The number of hydrogen-bond donors (Lipinski definition) is 1. The van der Waals surface area contributed by atoms with Gasteiger partial charge in [0.05, 0.1) is 7.11 Å². The number of carbonyl (C=O) groups excluding carboxylic acids is 3. The van der Waals surface area contributed by atoms with Crippen LogP contribution in [0.4, 0.5) is 0 Å². The Balaban J connectivity index is 2.11. The zero-order valence-corrected chi connectivity index (χ0v) is 16.5. The number of amides is 2. The molecule has 2 amide bonds. The fraction of sp³-hybridized carbons (Fsp3) is 0.500. The Bertz CT molecular complexity index is 741. The predicted molar refractivity (Wildman–Crippen MR) is 98.6 cm³/mol. The lowest BCUT2D eigenvalue weighted by molar-refractivity contribution is -0.734. The topological polar surface area (TPSA) is 80.3 Å². The number of halogens is 1. The van der Waals surface area contributed by atoms with Crippen LogP contribution in [-0.4, -0.2) is 54.4 Å². The van der Waals surface area contributed by atoms with Crippen molar-refractivity contribution in [3.05, 3.63) is 34.9 Å². The minimum Gasteiger partial charge on any atom is -0.464 e. The maximum atomic E-state index is 12.9. The van der Waals surface area contributed by atoms with E-state index in [0.29, 0.717) is 17.2 Å². The summed E-state index contributed by atoms with van der Waals surface area (Å²) in [5, 5.41) is 2.46. The minimum absolute atomic E-state index is 0.244. The third-order valence-electron chi connectivity index (χ3n) is 5.53. The second-order valence-corrected chi connectivity index (χ2v) is 8.18. The maximum absolute atomic E-state index is 12.9. The molecule has 8 heteroatoms. The van der Waals surface area contributed by atoms with Crippen LogP contribution in [0.1, 0.15) is 18.0 Å². The molecular weight excluding hydrogens is 376 g/mol. The lowest BCUT2D eigenvalue weighted by Crippen LogP contribution is -2.98. The van der Waals surface area contributed by atoms with E-state index >= 15 is 0 Å². The van der Waals surface area contributed by atoms with Gasteiger partial charge in [-0.05, 0) is 24.1 Å². The molecule has 2 aliphatic rings. The smallest absolute Gasteiger partial charge is 0.368 e. The zero-order valence-electron chi connectivity index (χ0n) is 14.9. The number of nitrogens with zero attached hydrogens (tertiary/aromatic N) is 1. The van der Waals surface area contributed by atoms with E-state index in [0.717, 1.165) is 10.5 Å². The number of benzene rings is 1. The molecule has 0 aliphatic carbocycles. The number of quaternary nitrogens is 1. The van der Waals surface area contributed by atoms with Gasteiger partial charge in [0, 0.05) is 24.1 Å². The van der Waals surface area contributed by atoms with Crippen molar-refractivity contribution in [1.82, 2.24) is 4.90 Å². The van der Waals surface area contributed by atoms with Crippen molar-refractivity contribution in [2.24, 2.45) is 11.8 Å². The average Bonchev–Trinajstić information content (AvgIpc) is 3.10. The van der Waals surface area contributed by atoms with Crippen molar-refractivity contribution in [3.63, 3.8) is 0 Å². The number of fused-ring (bicyclic) bond motifs is 1. The van der Waals surface area contributed by atoms with E-state index in [1.165, 1.54) is 14.2 Å². The molecule has 2 N–H and O–H groups in total. The van der Waals surface area contributed by atoms with Gasteiger partial charge in [-0.1, -0.05) is 23.7 Å². The Morgan fingerprint density at radius 3 is 2.54 bits per heavy atom. The summed E-state index contributed by atoms with van der Waals surface area (Å²) in [5.74, 6) is -1.62. The number of nitrogens with two attached hydrogens (primary N) is 1. The predicted octanol–water partition coefficient (Wildman–Crippen LogP) is 0.854. The van der Waals surface area contributed by atoms with Crippen LogP contribution in [0.25, 0.3) is 0 Å². The van der Waals surface area contributed by atoms with Gasteiger partial charge in [-0.25, -0.2) is 4.79 Å². The van der Waals surface area contributed by atoms with Crippen molar-refractivity contribution in [2.45, 2.75) is 18.0 Å². The van der Waals surface area contributed by atoms with E-state index in [4.69, 9.17) is 16.3 Å². The van der Waals surface area contributed by atoms with E-state index in [1.807, 2.05) is 23.7 Å². The molecule has 26 heavy (non-hydrogen) atoms. The first-order valence-corrected chi connectivity index (χ1v) is 10.1. The molecule has 0 saturated carbocycles. The summed E-state index contributed by atoms with van der Waals surface area (Å²) < 4.78 is 5.08. The van der Waals surface area contributed by atoms with E-state index in [1.54, 1.807) is 23.9 Å². The van der Waals surface area contributed by atoms with Crippen molar-refractivity contribution in [2.75, 3.05) is 26.2 Å². The summed E-state index contributed by atoms with van der Waals surface area (Å²) in [4.78, 5) is 39.7. The molecule has 2 heterocycles. The fourth-order valence-electron chi connectivity index (χ4n) is 4.25. The van der Waals surface area contributed by atoms with Gasteiger partial charge in [0.25, 0.3) is 0 Å². The summed E-state index contributed by atoms with van der Waals surface area (Å²) >= 11 is 7.58. The van der Waals surface area contributed by atoms with E-state index in [2.05, 4.69) is 0 Å². The molecule has 2 aliphatic heterocycles. The average molecular weight is 398 g/mol. The number of thioether (sulfide) groups is 1. The number of esters is 1. The number of carbonyl (C=O) groups is 3. The standard InChI is InChI=1S/C18H21ClN2O4S/c1-21-15(22)12-13(16(21)23)18(8-9-26-3,17(24)25-2)20-14(12)10-4-6-11(19)7-5-10/h4-7,12-14,20H,8-9H2,1-3H3/p+1/t12-,13-,14+,18+/m0/s1. The van der Waals surface area contributed by atoms with Gasteiger partial charge in [-0.2, -0.15) is 11.8 Å². The summed E-state index contributed by atoms with van der Waals surface area (Å²) in [5.41, 5.74) is -0.222. The Labute approximate surface area is 161 Å². The van der Waals surface area contributed by atoms with Crippen molar-refractivity contribution >= 4 is 41.1 Å². The number of likely N-dealkylation sites (tertiary alicyclic amines) is 1. The van der Waals surface area contributed by atoms with Gasteiger partial charge >= 0.3 is 5.97 Å². The summed E-state index contributed by atoms with van der Waals surface area (Å²) in [6.07, 6.45) is 2.40. The molecule has 0 radical (unpaired) electrons. The molecule has 0 unspecified atom stereocenters. The first-order chi connectivity index (χ1) is 12.4. The zero-order chi connectivity index (χ0) is 19.1. The molecule has 6 nitrogen and oxygen atoms in total. The molecule has 1 aromatic carbocycles. The third kappa shape index (κ3) is 2.82.